The van der Waals surface area contributed by atoms with E-state index < -0.39 is 5.41 Å². The Hall–Kier alpha value is -1.07. The fraction of sp³-hybridized carbons (Fsp3) is 0.462. The van der Waals surface area contributed by atoms with Crippen LogP contribution in [-0.2, 0) is 11.3 Å². The van der Waals surface area contributed by atoms with Crippen LogP contribution in [0, 0.1) is 5.41 Å². The third kappa shape index (κ3) is 2.37. The Bertz CT molecular complexity index is 477. The van der Waals surface area contributed by atoms with Crippen molar-refractivity contribution in [2.45, 2.75) is 19.9 Å². The molecular formula is C13H18BrN3O. The monoisotopic (exact) mass is 311 g/mol. The highest BCUT2D eigenvalue weighted by Crippen LogP contribution is 2.35. The Morgan fingerprint density at radius 1 is 1.56 bits per heavy atom. The molecule has 1 heterocycles. The van der Waals surface area contributed by atoms with Crippen molar-refractivity contribution in [1.29, 1.82) is 0 Å². The van der Waals surface area contributed by atoms with E-state index in [1.807, 2.05) is 19.1 Å². The second kappa shape index (κ2) is 4.90. The summed E-state index contributed by atoms with van der Waals surface area (Å²) in [6.07, 6.45) is 0.791. The number of anilines is 1. The maximum Gasteiger partial charge on any atom is 0.225 e. The topological polar surface area (TPSA) is 72.4 Å². The number of hydrogen-bond acceptors (Lipinski definition) is 3. The molecule has 0 aliphatic carbocycles. The first-order valence-electron chi connectivity index (χ1n) is 5.99. The number of rotatable bonds is 3. The van der Waals surface area contributed by atoms with Crippen molar-refractivity contribution in [3.05, 3.63) is 28.2 Å². The molecule has 1 saturated heterocycles. The minimum atomic E-state index is -0.436. The summed E-state index contributed by atoms with van der Waals surface area (Å²) in [5, 5.41) is 0. The van der Waals surface area contributed by atoms with Crippen LogP contribution in [0.3, 0.4) is 0 Å². The average molecular weight is 312 g/mol. The van der Waals surface area contributed by atoms with Crippen molar-refractivity contribution in [3.8, 4) is 0 Å². The van der Waals surface area contributed by atoms with Gasteiger partial charge in [0.25, 0.3) is 0 Å². The summed E-state index contributed by atoms with van der Waals surface area (Å²) in [6, 6.07) is 6.04. The van der Waals surface area contributed by atoms with Gasteiger partial charge in [0.05, 0.1) is 5.41 Å². The summed E-state index contributed by atoms with van der Waals surface area (Å²) >= 11 is 3.47. The summed E-state index contributed by atoms with van der Waals surface area (Å²) in [4.78, 5) is 13.7. The van der Waals surface area contributed by atoms with Crippen molar-refractivity contribution in [2.75, 3.05) is 18.0 Å². The molecule has 18 heavy (non-hydrogen) atoms. The van der Waals surface area contributed by atoms with Gasteiger partial charge in [0, 0.05) is 29.8 Å². The zero-order valence-electron chi connectivity index (χ0n) is 10.4. The van der Waals surface area contributed by atoms with E-state index in [0.717, 1.165) is 28.7 Å². The average Bonchev–Trinajstić information content (AvgIpc) is 2.73. The van der Waals surface area contributed by atoms with Crippen molar-refractivity contribution in [1.82, 2.24) is 0 Å². The van der Waals surface area contributed by atoms with Gasteiger partial charge in [-0.05, 0) is 31.0 Å². The van der Waals surface area contributed by atoms with Crippen molar-refractivity contribution >= 4 is 27.5 Å². The molecule has 1 aromatic carbocycles. The van der Waals surface area contributed by atoms with Crippen LogP contribution in [-0.4, -0.2) is 19.0 Å². The minimum absolute atomic E-state index is 0.228. The SMILES string of the molecule is CC1(C(N)=O)CCN(c2cc(Br)ccc2CN)C1. The standard InChI is InChI=1S/C13H18BrN3O/c1-13(12(16)18)4-5-17(8-13)11-6-10(14)3-2-9(11)7-15/h2-3,6H,4-5,7-8,15H2,1H3,(H2,16,18). The Kier molecular flexibility index (Phi) is 3.64. The summed E-state index contributed by atoms with van der Waals surface area (Å²) in [6.45, 7) is 3.91. The lowest BCUT2D eigenvalue weighted by Crippen LogP contribution is -2.37. The van der Waals surface area contributed by atoms with E-state index in [2.05, 4.69) is 26.9 Å². The Morgan fingerprint density at radius 3 is 2.83 bits per heavy atom. The van der Waals surface area contributed by atoms with E-state index in [4.69, 9.17) is 11.5 Å². The molecule has 98 valence electrons. The van der Waals surface area contributed by atoms with E-state index in [9.17, 15) is 4.79 Å². The number of carbonyl (C=O) groups excluding carboxylic acids is 1. The van der Waals surface area contributed by atoms with Crippen LogP contribution < -0.4 is 16.4 Å². The van der Waals surface area contributed by atoms with Crippen molar-refractivity contribution in [3.63, 3.8) is 0 Å². The third-order valence-corrected chi connectivity index (χ3v) is 4.17. The first-order chi connectivity index (χ1) is 8.46. The molecule has 2 rings (SSSR count). The predicted octanol–water partition coefficient (Wildman–Crippen LogP) is 1.61. The number of amides is 1. The Labute approximate surface area is 115 Å². The predicted molar refractivity (Wildman–Crippen MR) is 76.2 cm³/mol. The second-order valence-corrected chi connectivity index (χ2v) is 5.99. The molecule has 0 spiro atoms. The van der Waals surface area contributed by atoms with Gasteiger partial charge in [-0.1, -0.05) is 22.0 Å². The molecule has 4 N–H and O–H groups in total. The van der Waals surface area contributed by atoms with Crippen molar-refractivity contribution in [2.24, 2.45) is 16.9 Å². The number of nitrogens with two attached hydrogens (primary N) is 2. The summed E-state index contributed by atoms with van der Waals surface area (Å²) in [7, 11) is 0. The maximum absolute atomic E-state index is 11.5. The van der Waals surface area contributed by atoms with E-state index in [1.54, 1.807) is 0 Å². The zero-order valence-corrected chi connectivity index (χ0v) is 12.0. The van der Waals surface area contributed by atoms with Gasteiger partial charge in [-0.2, -0.15) is 0 Å². The molecule has 5 heteroatoms. The summed E-state index contributed by atoms with van der Waals surface area (Å²) < 4.78 is 1.02. The number of nitrogens with zero attached hydrogens (tertiary/aromatic N) is 1. The van der Waals surface area contributed by atoms with E-state index in [-0.39, 0.29) is 5.91 Å². The van der Waals surface area contributed by atoms with Gasteiger partial charge in [-0.15, -0.1) is 0 Å². The normalized spacial score (nSPS) is 23.4. The molecule has 1 atom stereocenters. The van der Waals surface area contributed by atoms with Crippen LogP contribution in [0.25, 0.3) is 0 Å². The lowest BCUT2D eigenvalue weighted by molar-refractivity contribution is -0.125. The Morgan fingerprint density at radius 2 is 2.28 bits per heavy atom. The van der Waals surface area contributed by atoms with Gasteiger partial charge in [-0.25, -0.2) is 0 Å². The first kappa shape index (κ1) is 13.4. The number of halogens is 1. The lowest BCUT2D eigenvalue weighted by atomic mass is 9.89. The smallest absolute Gasteiger partial charge is 0.225 e. The van der Waals surface area contributed by atoms with Gasteiger partial charge >= 0.3 is 0 Å². The van der Waals surface area contributed by atoms with Crippen LogP contribution in [0.15, 0.2) is 22.7 Å². The number of carbonyl (C=O) groups is 1. The highest BCUT2D eigenvalue weighted by Gasteiger charge is 2.39. The minimum Gasteiger partial charge on any atom is -0.370 e. The lowest BCUT2D eigenvalue weighted by Gasteiger charge is -2.24. The molecule has 1 aromatic rings. The molecule has 1 fully saturated rings. The maximum atomic E-state index is 11.5. The number of benzene rings is 1. The third-order valence-electron chi connectivity index (χ3n) is 3.68. The van der Waals surface area contributed by atoms with Gasteiger partial charge < -0.3 is 16.4 Å². The molecule has 0 bridgehead atoms. The van der Waals surface area contributed by atoms with Gasteiger partial charge in [0.2, 0.25) is 5.91 Å². The molecule has 0 aromatic heterocycles. The highest BCUT2D eigenvalue weighted by atomic mass is 79.9. The van der Waals surface area contributed by atoms with E-state index in [0.29, 0.717) is 13.1 Å². The molecule has 1 aliphatic heterocycles. The molecule has 1 amide bonds. The van der Waals surface area contributed by atoms with Crippen LogP contribution in [0.1, 0.15) is 18.9 Å². The second-order valence-electron chi connectivity index (χ2n) is 5.07. The molecule has 1 unspecified atom stereocenters. The van der Waals surface area contributed by atoms with E-state index in [1.165, 1.54) is 0 Å². The van der Waals surface area contributed by atoms with Crippen LogP contribution in [0.4, 0.5) is 5.69 Å². The quantitative estimate of drug-likeness (QED) is 0.890. The molecule has 4 nitrogen and oxygen atoms in total. The fourth-order valence-electron chi connectivity index (χ4n) is 2.37. The highest BCUT2D eigenvalue weighted by molar-refractivity contribution is 9.10. The molecular weight excluding hydrogens is 294 g/mol. The van der Waals surface area contributed by atoms with Gasteiger partial charge in [0.15, 0.2) is 0 Å². The summed E-state index contributed by atoms with van der Waals surface area (Å²) in [5.74, 6) is -0.228. The largest absolute Gasteiger partial charge is 0.370 e. The Balaban J connectivity index is 2.29. The van der Waals surface area contributed by atoms with Crippen LogP contribution in [0.5, 0.6) is 0 Å². The molecule has 0 saturated carbocycles. The fourth-order valence-corrected chi connectivity index (χ4v) is 2.72. The van der Waals surface area contributed by atoms with Crippen molar-refractivity contribution < 1.29 is 4.79 Å². The number of hydrogen-bond donors (Lipinski definition) is 2. The van der Waals surface area contributed by atoms with Gasteiger partial charge in [-0.3, -0.25) is 4.79 Å². The van der Waals surface area contributed by atoms with Crippen LogP contribution >= 0.6 is 15.9 Å². The molecule has 1 aliphatic rings. The van der Waals surface area contributed by atoms with Crippen LogP contribution in [0.2, 0.25) is 0 Å². The first-order valence-corrected chi connectivity index (χ1v) is 6.79. The van der Waals surface area contributed by atoms with E-state index >= 15 is 0 Å². The molecule has 0 radical (unpaired) electrons. The zero-order chi connectivity index (χ0) is 13.3. The summed E-state index contributed by atoms with van der Waals surface area (Å²) in [5.41, 5.74) is 13.0. The number of primary amides is 1. The van der Waals surface area contributed by atoms with Gasteiger partial charge in [0.1, 0.15) is 0 Å².